The molecule has 0 fully saturated rings. The second-order valence-electron chi connectivity index (χ2n) is 4.74. The van der Waals surface area contributed by atoms with Crippen LogP contribution in [-0.2, 0) is 19.9 Å². The van der Waals surface area contributed by atoms with E-state index in [1.807, 2.05) is 0 Å². The highest BCUT2D eigenvalue weighted by molar-refractivity contribution is 5.80. The SMILES string of the molecule is Cn1c2ccc1c1c2Cc2ccccc2C1. The number of fused-ring (bicyclic) bond motifs is 6. The van der Waals surface area contributed by atoms with Crippen LogP contribution in [0.5, 0.6) is 0 Å². The van der Waals surface area contributed by atoms with Gasteiger partial charge in [-0.3, -0.25) is 0 Å². The lowest BCUT2D eigenvalue weighted by atomic mass is 9.86. The highest BCUT2D eigenvalue weighted by atomic mass is 14.9. The fourth-order valence-corrected chi connectivity index (χ4v) is 3.10. The van der Waals surface area contributed by atoms with Gasteiger partial charge in [-0.15, -0.1) is 0 Å². The van der Waals surface area contributed by atoms with Crippen LogP contribution in [0.1, 0.15) is 22.3 Å². The molecule has 2 bridgehead atoms. The highest BCUT2D eigenvalue weighted by Gasteiger charge is 2.22. The van der Waals surface area contributed by atoms with E-state index in [4.69, 9.17) is 0 Å². The lowest BCUT2D eigenvalue weighted by Gasteiger charge is -2.17. The maximum atomic E-state index is 2.33. The van der Waals surface area contributed by atoms with Gasteiger partial charge in [0.05, 0.1) is 0 Å². The lowest BCUT2D eigenvalue weighted by Crippen LogP contribution is -2.05. The summed E-state index contributed by atoms with van der Waals surface area (Å²) in [5.74, 6) is 0. The number of aryl methyl sites for hydroxylation is 1. The van der Waals surface area contributed by atoms with Gasteiger partial charge in [0.2, 0.25) is 0 Å². The summed E-state index contributed by atoms with van der Waals surface area (Å²) in [6.07, 6.45) is 2.22. The van der Waals surface area contributed by atoms with Gasteiger partial charge < -0.3 is 4.57 Å². The van der Waals surface area contributed by atoms with Crippen molar-refractivity contribution in [2.24, 2.45) is 7.05 Å². The Morgan fingerprint density at radius 3 is 1.81 bits per heavy atom. The molecule has 1 nitrogen and oxygen atoms in total. The first-order valence-electron chi connectivity index (χ1n) is 5.80. The standard InChI is InChI=1S/C15H13N/c1-16-14-6-7-15(16)13-9-11-5-3-2-4-10(11)8-12(13)14/h2-7H,8-9H2,1H3. The van der Waals surface area contributed by atoms with Crippen LogP contribution in [-0.4, -0.2) is 4.57 Å². The molecule has 1 aliphatic rings. The van der Waals surface area contributed by atoms with Crippen LogP contribution >= 0.6 is 0 Å². The largest absolute Gasteiger partial charge is 0.344 e. The first kappa shape index (κ1) is 8.40. The molecule has 1 heteroatoms. The first-order chi connectivity index (χ1) is 7.84. The summed E-state index contributed by atoms with van der Waals surface area (Å²) in [7, 11) is 2.17. The Hall–Kier alpha value is -1.76. The van der Waals surface area contributed by atoms with E-state index in [1.54, 1.807) is 11.1 Å². The average molecular weight is 207 g/mol. The Morgan fingerprint density at radius 2 is 1.31 bits per heavy atom. The van der Waals surface area contributed by atoms with Gasteiger partial charge in [0.1, 0.15) is 0 Å². The molecule has 1 aromatic carbocycles. The molecule has 0 saturated carbocycles. The molecule has 0 saturated heterocycles. The Kier molecular flexibility index (Phi) is 1.40. The molecular weight excluding hydrogens is 194 g/mol. The zero-order valence-electron chi connectivity index (χ0n) is 9.33. The van der Waals surface area contributed by atoms with Crippen LogP contribution in [0.15, 0.2) is 36.4 Å². The van der Waals surface area contributed by atoms with E-state index < -0.39 is 0 Å². The highest BCUT2D eigenvalue weighted by Crippen LogP contribution is 2.36. The summed E-state index contributed by atoms with van der Waals surface area (Å²) >= 11 is 0. The van der Waals surface area contributed by atoms with Crippen molar-refractivity contribution in [3.05, 3.63) is 58.7 Å². The molecule has 16 heavy (non-hydrogen) atoms. The van der Waals surface area contributed by atoms with E-state index in [1.165, 1.54) is 22.2 Å². The maximum Gasteiger partial charge on any atom is 0.0448 e. The topological polar surface area (TPSA) is 4.93 Å². The van der Waals surface area contributed by atoms with Crippen LogP contribution in [0.3, 0.4) is 0 Å². The molecule has 78 valence electrons. The molecule has 0 amide bonds. The third-order valence-corrected chi connectivity index (χ3v) is 3.96. The van der Waals surface area contributed by atoms with Crippen molar-refractivity contribution in [2.45, 2.75) is 12.8 Å². The molecule has 0 aliphatic heterocycles. The van der Waals surface area contributed by atoms with Gasteiger partial charge in [0.25, 0.3) is 0 Å². The second-order valence-corrected chi connectivity index (χ2v) is 4.74. The second kappa shape index (κ2) is 2.67. The molecule has 0 N–H and O–H groups in total. The van der Waals surface area contributed by atoms with E-state index in [-0.39, 0.29) is 0 Å². The number of aromatic nitrogens is 1. The summed E-state index contributed by atoms with van der Waals surface area (Å²) in [5, 5.41) is 0. The normalized spacial score (nSPS) is 14.1. The molecule has 2 aromatic heterocycles. The van der Waals surface area contributed by atoms with Crippen molar-refractivity contribution < 1.29 is 0 Å². The van der Waals surface area contributed by atoms with Crippen molar-refractivity contribution in [2.75, 3.05) is 0 Å². The van der Waals surface area contributed by atoms with E-state index in [9.17, 15) is 0 Å². The third kappa shape index (κ3) is 0.867. The van der Waals surface area contributed by atoms with Gasteiger partial charge in [0.15, 0.2) is 0 Å². The van der Waals surface area contributed by atoms with Gasteiger partial charge >= 0.3 is 0 Å². The summed E-state index contributed by atoms with van der Waals surface area (Å²) in [5.41, 5.74) is 8.95. The van der Waals surface area contributed by atoms with E-state index >= 15 is 0 Å². The smallest absolute Gasteiger partial charge is 0.0448 e. The summed E-state index contributed by atoms with van der Waals surface area (Å²) in [4.78, 5) is 0. The molecular formula is C15H13N. The van der Waals surface area contributed by atoms with Crippen LogP contribution in [0.2, 0.25) is 0 Å². The van der Waals surface area contributed by atoms with Crippen LogP contribution in [0.4, 0.5) is 0 Å². The number of hydrogen-bond donors (Lipinski definition) is 0. The Balaban J connectivity index is 2.00. The van der Waals surface area contributed by atoms with Crippen molar-refractivity contribution in [3.8, 4) is 0 Å². The van der Waals surface area contributed by atoms with Crippen LogP contribution < -0.4 is 0 Å². The number of nitrogens with zero attached hydrogens (tertiary/aromatic N) is 1. The van der Waals surface area contributed by atoms with E-state index in [0.29, 0.717) is 0 Å². The van der Waals surface area contributed by atoms with E-state index in [2.05, 4.69) is 48.0 Å². The number of hydrogen-bond acceptors (Lipinski definition) is 0. The minimum Gasteiger partial charge on any atom is -0.344 e. The Morgan fingerprint density at radius 1 is 0.812 bits per heavy atom. The molecule has 1 aliphatic carbocycles. The van der Waals surface area contributed by atoms with Gasteiger partial charge in [-0.1, -0.05) is 24.3 Å². The van der Waals surface area contributed by atoms with Crippen molar-refractivity contribution in [1.82, 2.24) is 4.57 Å². The summed E-state index contributed by atoms with van der Waals surface area (Å²) < 4.78 is 2.33. The van der Waals surface area contributed by atoms with Crippen molar-refractivity contribution in [3.63, 3.8) is 0 Å². The molecule has 0 spiro atoms. The molecule has 0 radical (unpaired) electrons. The predicted octanol–water partition coefficient (Wildman–Crippen LogP) is 3.11. The number of benzene rings is 2. The number of rotatable bonds is 0. The van der Waals surface area contributed by atoms with Crippen LogP contribution in [0.25, 0.3) is 11.0 Å². The maximum absolute atomic E-state index is 2.33. The predicted molar refractivity (Wildman–Crippen MR) is 66.2 cm³/mol. The van der Waals surface area contributed by atoms with Crippen LogP contribution in [0, 0.1) is 0 Å². The molecule has 0 atom stereocenters. The zero-order chi connectivity index (χ0) is 10.7. The molecule has 2 heterocycles. The molecule has 4 rings (SSSR count). The van der Waals surface area contributed by atoms with Gasteiger partial charge in [-0.05, 0) is 34.4 Å². The summed E-state index contributed by atoms with van der Waals surface area (Å²) in [6, 6.07) is 13.3. The van der Waals surface area contributed by atoms with Gasteiger partial charge in [0, 0.05) is 30.9 Å². The molecule has 0 unspecified atom stereocenters. The average Bonchev–Trinajstić information content (AvgIpc) is 2.81. The summed E-state index contributed by atoms with van der Waals surface area (Å²) in [6.45, 7) is 0. The minimum absolute atomic E-state index is 1.11. The van der Waals surface area contributed by atoms with Gasteiger partial charge in [-0.25, -0.2) is 0 Å². The fourth-order valence-electron chi connectivity index (χ4n) is 3.10. The molecule has 3 aromatic rings. The Labute approximate surface area is 94.7 Å². The Bertz CT molecular complexity index is 619. The van der Waals surface area contributed by atoms with E-state index in [0.717, 1.165) is 12.8 Å². The van der Waals surface area contributed by atoms with Gasteiger partial charge in [-0.2, -0.15) is 0 Å². The van der Waals surface area contributed by atoms with Crippen molar-refractivity contribution in [1.29, 1.82) is 0 Å². The minimum atomic E-state index is 1.11. The lowest BCUT2D eigenvalue weighted by molar-refractivity contribution is 1.02. The first-order valence-corrected chi connectivity index (χ1v) is 5.80. The van der Waals surface area contributed by atoms with Crippen molar-refractivity contribution >= 4 is 11.0 Å². The third-order valence-electron chi connectivity index (χ3n) is 3.96. The quantitative estimate of drug-likeness (QED) is 0.417. The zero-order valence-corrected chi connectivity index (χ0v) is 9.33. The fraction of sp³-hybridized carbons (Fsp3) is 0.200. The monoisotopic (exact) mass is 207 g/mol.